The molecule has 1 saturated carbocycles. The first-order valence-electron chi connectivity index (χ1n) is 7.16. The highest BCUT2D eigenvalue weighted by Crippen LogP contribution is 2.41. The molecule has 1 unspecified atom stereocenters. The van der Waals surface area contributed by atoms with Crippen molar-refractivity contribution in [2.24, 2.45) is 0 Å². The third kappa shape index (κ3) is 3.06. The molecule has 1 amide bonds. The minimum atomic E-state index is -1.47. The molecule has 1 aliphatic rings. The molecule has 0 aliphatic heterocycles. The maximum Gasteiger partial charge on any atom is 0.328 e. The summed E-state index contributed by atoms with van der Waals surface area (Å²) in [6.45, 7) is 0.844. The van der Waals surface area contributed by atoms with Crippen molar-refractivity contribution in [1.82, 2.24) is 5.32 Å². The summed E-state index contributed by atoms with van der Waals surface area (Å²) in [7, 11) is 0. The van der Waals surface area contributed by atoms with Crippen LogP contribution in [0.15, 0.2) is 24.3 Å². The summed E-state index contributed by atoms with van der Waals surface area (Å²) in [5, 5.41) is 11.3. The number of carbonyl (C=O) groups excluding carboxylic acids is 1. The smallest absolute Gasteiger partial charge is 0.328 e. The summed E-state index contributed by atoms with van der Waals surface area (Å²) in [5.41, 5.74) is 1.21. The van der Waals surface area contributed by atoms with Crippen molar-refractivity contribution < 1.29 is 19.1 Å². The summed E-state index contributed by atoms with van der Waals surface area (Å²) >= 11 is 0. The van der Waals surface area contributed by atoms with Gasteiger partial charge in [0.25, 0.3) is 0 Å². The molecule has 1 aliphatic carbocycles. The van der Waals surface area contributed by atoms with Crippen molar-refractivity contribution in [3.63, 3.8) is 0 Å². The van der Waals surface area contributed by atoms with Crippen LogP contribution in [0.25, 0.3) is 0 Å². The van der Waals surface area contributed by atoms with E-state index in [1.54, 1.807) is 0 Å². The van der Waals surface area contributed by atoms with Crippen molar-refractivity contribution in [2.75, 3.05) is 6.67 Å². The molecule has 2 rings (SSSR count). The van der Waals surface area contributed by atoms with E-state index in [1.165, 1.54) is 0 Å². The van der Waals surface area contributed by atoms with Crippen LogP contribution in [0.4, 0.5) is 4.39 Å². The molecule has 0 aromatic heterocycles. The quantitative estimate of drug-likeness (QED) is 0.875. The van der Waals surface area contributed by atoms with Gasteiger partial charge in [0.15, 0.2) is 6.04 Å². The van der Waals surface area contributed by atoms with Gasteiger partial charge in [0.1, 0.15) is 6.67 Å². The van der Waals surface area contributed by atoms with Crippen molar-refractivity contribution in [3.05, 3.63) is 35.4 Å². The molecule has 0 bridgehead atoms. The number of amides is 1. The lowest BCUT2D eigenvalue weighted by atomic mass is 9.77. The van der Waals surface area contributed by atoms with Gasteiger partial charge in [0, 0.05) is 0 Å². The number of halogens is 1. The SMILES string of the molecule is Cc1cccc(C2(C(=O)NC(CF)C(=O)O)CCCC2)c1. The van der Waals surface area contributed by atoms with Crippen molar-refractivity contribution in [3.8, 4) is 0 Å². The Morgan fingerprint density at radius 2 is 2.05 bits per heavy atom. The molecule has 4 nitrogen and oxygen atoms in total. The third-order valence-corrected chi connectivity index (χ3v) is 4.22. The lowest BCUT2D eigenvalue weighted by molar-refractivity contribution is -0.143. The molecule has 0 heterocycles. The molecule has 1 atom stereocenters. The van der Waals surface area contributed by atoms with Gasteiger partial charge in [0.2, 0.25) is 5.91 Å². The van der Waals surface area contributed by atoms with E-state index < -0.39 is 24.1 Å². The van der Waals surface area contributed by atoms with E-state index in [2.05, 4.69) is 5.32 Å². The first-order chi connectivity index (χ1) is 9.99. The minimum absolute atomic E-state index is 0.379. The molecule has 114 valence electrons. The Morgan fingerprint density at radius 1 is 1.38 bits per heavy atom. The van der Waals surface area contributed by atoms with Gasteiger partial charge in [-0.2, -0.15) is 0 Å². The van der Waals surface area contributed by atoms with Crippen molar-refractivity contribution in [2.45, 2.75) is 44.1 Å². The molecular formula is C16H20FNO3. The summed E-state index contributed by atoms with van der Waals surface area (Å²) < 4.78 is 12.8. The van der Waals surface area contributed by atoms with Gasteiger partial charge in [0.05, 0.1) is 5.41 Å². The molecule has 2 N–H and O–H groups in total. The Hall–Kier alpha value is -1.91. The van der Waals surface area contributed by atoms with Gasteiger partial charge in [-0.3, -0.25) is 4.79 Å². The fourth-order valence-corrected chi connectivity index (χ4v) is 3.03. The van der Waals surface area contributed by atoms with Gasteiger partial charge in [-0.05, 0) is 25.3 Å². The largest absolute Gasteiger partial charge is 0.480 e. The Kier molecular flexibility index (Phi) is 4.60. The highest BCUT2D eigenvalue weighted by molar-refractivity contribution is 5.91. The highest BCUT2D eigenvalue weighted by atomic mass is 19.1. The van der Waals surface area contributed by atoms with E-state index in [9.17, 15) is 14.0 Å². The third-order valence-electron chi connectivity index (χ3n) is 4.22. The lowest BCUT2D eigenvalue weighted by Gasteiger charge is -2.29. The van der Waals surface area contributed by atoms with Crippen LogP contribution in [0.3, 0.4) is 0 Å². The number of benzene rings is 1. The normalized spacial score (nSPS) is 18.2. The maximum absolute atomic E-state index is 12.8. The number of alkyl halides is 1. The number of carboxylic acids is 1. The van der Waals surface area contributed by atoms with E-state index in [0.717, 1.165) is 24.0 Å². The monoisotopic (exact) mass is 293 g/mol. The standard InChI is InChI=1S/C16H20FNO3/c1-11-5-4-6-12(9-11)16(7-2-3-8-16)15(21)18-13(10-17)14(19)20/h4-6,9,13H,2-3,7-8,10H2,1H3,(H,18,21)(H,19,20). The van der Waals surface area contributed by atoms with Gasteiger partial charge < -0.3 is 10.4 Å². The molecule has 0 radical (unpaired) electrons. The number of nitrogens with one attached hydrogen (secondary N) is 1. The van der Waals surface area contributed by atoms with Crippen LogP contribution in [-0.2, 0) is 15.0 Å². The van der Waals surface area contributed by atoms with Crippen LogP contribution in [0.5, 0.6) is 0 Å². The van der Waals surface area contributed by atoms with Crippen LogP contribution in [0.2, 0.25) is 0 Å². The summed E-state index contributed by atoms with van der Waals surface area (Å²) in [4.78, 5) is 23.5. The molecular weight excluding hydrogens is 273 g/mol. The fourth-order valence-electron chi connectivity index (χ4n) is 3.03. The topological polar surface area (TPSA) is 66.4 Å². The van der Waals surface area contributed by atoms with E-state index in [4.69, 9.17) is 5.11 Å². The van der Waals surface area contributed by atoms with Crippen molar-refractivity contribution in [1.29, 1.82) is 0 Å². The summed E-state index contributed by atoms with van der Waals surface area (Å²) in [6.07, 6.45) is 3.16. The van der Waals surface area contributed by atoms with Crippen molar-refractivity contribution >= 4 is 11.9 Å². The van der Waals surface area contributed by atoms with Crippen LogP contribution >= 0.6 is 0 Å². The maximum atomic E-state index is 12.8. The predicted octanol–water partition coefficient (Wildman–Crippen LogP) is 2.35. The van der Waals surface area contributed by atoms with E-state index in [0.29, 0.717) is 12.8 Å². The summed E-state index contributed by atoms with van der Waals surface area (Å²) in [5.74, 6) is -1.72. The second kappa shape index (κ2) is 6.24. The number of hydrogen-bond acceptors (Lipinski definition) is 2. The molecule has 5 heteroatoms. The Balaban J connectivity index is 2.30. The highest BCUT2D eigenvalue weighted by Gasteiger charge is 2.43. The number of hydrogen-bond donors (Lipinski definition) is 2. The predicted molar refractivity (Wildman–Crippen MR) is 76.9 cm³/mol. The van der Waals surface area contributed by atoms with E-state index in [-0.39, 0.29) is 5.91 Å². The molecule has 1 fully saturated rings. The molecule has 1 aromatic carbocycles. The van der Waals surface area contributed by atoms with Crippen LogP contribution in [0, 0.1) is 6.92 Å². The van der Waals surface area contributed by atoms with Gasteiger partial charge in [-0.25, -0.2) is 9.18 Å². The van der Waals surface area contributed by atoms with Gasteiger partial charge in [-0.15, -0.1) is 0 Å². The molecule has 0 saturated heterocycles. The van der Waals surface area contributed by atoms with Crippen LogP contribution < -0.4 is 5.32 Å². The second-order valence-electron chi connectivity index (χ2n) is 5.68. The Labute approximate surface area is 123 Å². The second-order valence-corrected chi connectivity index (χ2v) is 5.68. The van der Waals surface area contributed by atoms with E-state index in [1.807, 2.05) is 31.2 Å². The Bertz CT molecular complexity index is 538. The lowest BCUT2D eigenvalue weighted by Crippen LogP contribution is -2.50. The number of carboxylic acid groups (broad SMARTS) is 1. The minimum Gasteiger partial charge on any atom is -0.480 e. The zero-order chi connectivity index (χ0) is 15.5. The molecule has 1 aromatic rings. The molecule has 0 spiro atoms. The first kappa shape index (κ1) is 15.5. The van der Waals surface area contributed by atoms with Gasteiger partial charge in [-0.1, -0.05) is 42.7 Å². The van der Waals surface area contributed by atoms with Crippen LogP contribution in [0.1, 0.15) is 36.8 Å². The number of carbonyl (C=O) groups is 2. The zero-order valence-corrected chi connectivity index (χ0v) is 12.1. The number of aryl methyl sites for hydroxylation is 1. The molecule has 21 heavy (non-hydrogen) atoms. The first-order valence-corrected chi connectivity index (χ1v) is 7.16. The van der Waals surface area contributed by atoms with E-state index >= 15 is 0 Å². The summed E-state index contributed by atoms with van der Waals surface area (Å²) in [6, 6.07) is 6.21. The zero-order valence-electron chi connectivity index (χ0n) is 12.1. The Morgan fingerprint density at radius 3 is 2.57 bits per heavy atom. The number of aliphatic carboxylic acids is 1. The van der Waals surface area contributed by atoms with Gasteiger partial charge >= 0.3 is 5.97 Å². The fraction of sp³-hybridized carbons (Fsp3) is 0.500. The van der Waals surface area contributed by atoms with Crippen LogP contribution in [-0.4, -0.2) is 29.7 Å². The average molecular weight is 293 g/mol. The number of rotatable bonds is 5. The average Bonchev–Trinajstić information content (AvgIpc) is 2.95.